The smallest absolute Gasteiger partial charge is 0.323 e. The third-order valence-corrected chi connectivity index (χ3v) is 8.53. The average molecular weight is 458 g/mol. The molecule has 0 aromatic carbocycles. The van der Waals surface area contributed by atoms with Crippen LogP contribution in [0.25, 0.3) is 0 Å². The van der Waals surface area contributed by atoms with Crippen LogP contribution in [0.1, 0.15) is 71.1 Å². The maximum Gasteiger partial charge on any atom is 0.323 e. The predicted molar refractivity (Wildman–Crippen MR) is 123 cm³/mol. The van der Waals surface area contributed by atoms with Gasteiger partial charge in [-0.25, -0.2) is 4.79 Å². The van der Waals surface area contributed by atoms with Crippen molar-refractivity contribution >= 4 is 40.7 Å². The fourth-order valence-corrected chi connectivity index (χ4v) is 6.80. The molecule has 0 radical (unpaired) electrons. The number of hydrogen-bond acceptors (Lipinski definition) is 6. The maximum atomic E-state index is 13.3. The Morgan fingerprint density at radius 3 is 2.57 bits per heavy atom. The van der Waals surface area contributed by atoms with Gasteiger partial charge in [0.15, 0.2) is 5.17 Å². The van der Waals surface area contributed by atoms with E-state index in [1.54, 1.807) is 23.5 Å². The van der Waals surface area contributed by atoms with Crippen molar-refractivity contribution in [3.05, 3.63) is 0 Å². The van der Waals surface area contributed by atoms with Crippen molar-refractivity contribution < 1.29 is 19.4 Å². The number of carbonyl (C=O) groups excluding carboxylic acids is 1. The molecule has 170 valence electrons. The largest absolute Gasteiger partial charge is 0.481 e. The van der Waals surface area contributed by atoms with Crippen LogP contribution < -0.4 is 5.32 Å². The van der Waals surface area contributed by atoms with Gasteiger partial charge in [-0.1, -0.05) is 31.5 Å². The molecule has 30 heavy (non-hydrogen) atoms. The molecule has 3 aliphatic rings. The van der Waals surface area contributed by atoms with Crippen molar-refractivity contribution in [1.29, 1.82) is 0 Å². The molecule has 2 fully saturated rings. The van der Waals surface area contributed by atoms with E-state index in [1.807, 2.05) is 0 Å². The first-order valence-electron chi connectivity index (χ1n) is 11.3. The van der Waals surface area contributed by atoms with Gasteiger partial charge in [0.2, 0.25) is 0 Å². The number of carbonyl (C=O) groups is 2. The number of rotatable bonds is 9. The highest BCUT2D eigenvalue weighted by Gasteiger charge is 2.36. The predicted octanol–water partition coefficient (Wildman–Crippen LogP) is 4.32. The monoisotopic (exact) mass is 457 g/mol. The van der Waals surface area contributed by atoms with E-state index in [2.05, 4.69) is 22.1 Å². The van der Waals surface area contributed by atoms with Gasteiger partial charge in [-0.2, -0.15) is 0 Å². The van der Waals surface area contributed by atoms with Crippen molar-refractivity contribution in [3.8, 4) is 0 Å². The lowest BCUT2D eigenvalue weighted by Gasteiger charge is -2.40. The molecule has 2 N–H and O–H groups in total. The molecule has 2 amide bonds. The number of carboxylic acid groups (broad SMARTS) is 1. The van der Waals surface area contributed by atoms with Crippen molar-refractivity contribution in [2.24, 2.45) is 4.99 Å². The molecule has 0 saturated heterocycles. The molecule has 0 aromatic heterocycles. The number of aliphatic carboxylic acids is 1. The Kier molecular flexibility index (Phi) is 9.64. The standard InChI is InChI=1S/C21H35N3O4S2/c1-2-12-28-17-9-7-16(8-10-17)24(15-5-3-4-6-15)21(27)23-20-22-14-19(30-20)29-13-11-18(25)26/h15-17,19H,2-14H2,1H3,(H,25,26)(H,22,23,27). The third kappa shape index (κ3) is 7.05. The van der Waals surface area contributed by atoms with Crippen LogP contribution >= 0.6 is 23.5 Å². The van der Waals surface area contributed by atoms with Crippen LogP contribution in [0.2, 0.25) is 0 Å². The summed E-state index contributed by atoms with van der Waals surface area (Å²) in [6.45, 7) is 3.58. The summed E-state index contributed by atoms with van der Waals surface area (Å²) in [7, 11) is 0. The fraction of sp³-hybridized carbons (Fsp3) is 0.857. The maximum absolute atomic E-state index is 13.3. The van der Waals surface area contributed by atoms with Crippen LogP contribution in [0.5, 0.6) is 0 Å². The molecule has 2 saturated carbocycles. The first kappa shape index (κ1) is 23.7. The van der Waals surface area contributed by atoms with Crippen LogP contribution in [0.4, 0.5) is 4.79 Å². The first-order valence-corrected chi connectivity index (χ1v) is 13.2. The average Bonchev–Trinajstić information content (AvgIpc) is 3.40. The second-order valence-corrected chi connectivity index (χ2v) is 11.1. The lowest BCUT2D eigenvalue weighted by molar-refractivity contribution is -0.136. The summed E-state index contributed by atoms with van der Waals surface area (Å²) in [6.07, 6.45) is 10.2. The van der Waals surface area contributed by atoms with Crippen molar-refractivity contribution in [3.63, 3.8) is 0 Å². The quantitative estimate of drug-likeness (QED) is 0.536. The fourth-order valence-electron chi connectivity index (χ4n) is 4.53. The number of thioether (sulfide) groups is 2. The first-order chi connectivity index (χ1) is 14.6. The minimum absolute atomic E-state index is 0.0118. The SMILES string of the molecule is CCCOC1CCC(N(C(=O)NC2=NCC(SCCC(=O)O)S2)C2CCCC2)CC1. The van der Waals surface area contributed by atoms with Crippen molar-refractivity contribution in [2.45, 2.75) is 93.9 Å². The van der Waals surface area contributed by atoms with E-state index in [1.165, 1.54) is 12.8 Å². The van der Waals surface area contributed by atoms with Crippen LogP contribution in [-0.2, 0) is 9.53 Å². The lowest BCUT2D eigenvalue weighted by Crippen LogP contribution is -2.53. The molecular weight excluding hydrogens is 422 g/mol. The minimum atomic E-state index is -0.776. The zero-order chi connectivity index (χ0) is 21.3. The summed E-state index contributed by atoms with van der Waals surface area (Å²) >= 11 is 3.15. The highest BCUT2D eigenvalue weighted by molar-refractivity contribution is 8.25. The van der Waals surface area contributed by atoms with Gasteiger partial charge >= 0.3 is 12.0 Å². The van der Waals surface area contributed by atoms with Crippen LogP contribution in [0.15, 0.2) is 4.99 Å². The van der Waals surface area contributed by atoms with Gasteiger partial charge < -0.3 is 14.7 Å². The number of nitrogens with one attached hydrogen (secondary N) is 1. The molecule has 1 aliphatic heterocycles. The Balaban J connectivity index is 1.51. The Bertz CT molecular complexity index is 605. The van der Waals surface area contributed by atoms with Gasteiger partial charge in [0, 0.05) is 24.4 Å². The van der Waals surface area contributed by atoms with Crippen molar-refractivity contribution in [1.82, 2.24) is 10.2 Å². The van der Waals surface area contributed by atoms with Gasteiger partial charge in [0.05, 0.1) is 23.7 Å². The minimum Gasteiger partial charge on any atom is -0.481 e. The topological polar surface area (TPSA) is 91.2 Å². The normalized spacial score (nSPS) is 27.1. The number of carboxylic acids is 1. The van der Waals surface area contributed by atoms with Crippen LogP contribution in [0, 0.1) is 0 Å². The Morgan fingerprint density at radius 2 is 1.90 bits per heavy atom. The van der Waals surface area contributed by atoms with Gasteiger partial charge in [-0.15, -0.1) is 11.8 Å². The summed E-state index contributed by atoms with van der Waals surface area (Å²) in [5.41, 5.74) is 0. The van der Waals surface area contributed by atoms with E-state index in [4.69, 9.17) is 9.84 Å². The van der Waals surface area contributed by atoms with Gasteiger partial charge in [-0.3, -0.25) is 15.1 Å². The number of hydrogen-bond donors (Lipinski definition) is 2. The molecule has 1 unspecified atom stereocenters. The molecule has 1 atom stereocenters. The third-order valence-electron chi connectivity index (χ3n) is 6.01. The molecule has 0 bridgehead atoms. The number of urea groups is 1. The van der Waals surface area contributed by atoms with Crippen LogP contribution in [0.3, 0.4) is 0 Å². The van der Waals surface area contributed by atoms with E-state index in [0.29, 0.717) is 29.6 Å². The molecule has 7 nitrogen and oxygen atoms in total. The molecule has 0 spiro atoms. The lowest BCUT2D eigenvalue weighted by atomic mass is 9.91. The highest BCUT2D eigenvalue weighted by atomic mass is 32.2. The Labute approximate surface area is 188 Å². The van der Waals surface area contributed by atoms with E-state index in [9.17, 15) is 9.59 Å². The highest BCUT2D eigenvalue weighted by Crippen LogP contribution is 2.33. The van der Waals surface area contributed by atoms with E-state index in [0.717, 1.165) is 51.6 Å². The number of amidine groups is 1. The summed E-state index contributed by atoms with van der Waals surface area (Å²) in [6, 6.07) is 0.598. The number of amides is 2. The number of ether oxygens (including phenoxy) is 1. The second-order valence-electron chi connectivity index (χ2n) is 8.28. The molecule has 3 rings (SSSR count). The molecular formula is C21H35N3O4S2. The summed E-state index contributed by atoms with van der Waals surface area (Å²) in [5, 5.41) is 12.5. The van der Waals surface area contributed by atoms with Gasteiger partial charge in [-0.05, 0) is 44.9 Å². The van der Waals surface area contributed by atoms with Crippen LogP contribution in [-0.4, -0.2) is 68.8 Å². The molecule has 9 heteroatoms. The van der Waals surface area contributed by atoms with E-state index in [-0.39, 0.29) is 23.1 Å². The zero-order valence-electron chi connectivity index (χ0n) is 17.9. The summed E-state index contributed by atoms with van der Waals surface area (Å²) in [4.78, 5) is 30.6. The van der Waals surface area contributed by atoms with E-state index < -0.39 is 5.97 Å². The molecule has 0 aromatic rings. The summed E-state index contributed by atoms with van der Waals surface area (Å²) in [5.74, 6) is -0.205. The zero-order valence-corrected chi connectivity index (χ0v) is 19.5. The Morgan fingerprint density at radius 1 is 1.20 bits per heavy atom. The van der Waals surface area contributed by atoms with Crippen molar-refractivity contribution in [2.75, 3.05) is 18.9 Å². The Hall–Kier alpha value is -0.930. The molecule has 1 heterocycles. The van der Waals surface area contributed by atoms with E-state index >= 15 is 0 Å². The number of aliphatic imine (C=N–C) groups is 1. The summed E-state index contributed by atoms with van der Waals surface area (Å²) < 4.78 is 6.12. The van der Waals surface area contributed by atoms with Gasteiger partial charge in [0.25, 0.3) is 0 Å². The number of nitrogens with zero attached hydrogens (tertiary/aromatic N) is 2. The molecule has 2 aliphatic carbocycles. The van der Waals surface area contributed by atoms with Gasteiger partial charge in [0.1, 0.15) is 0 Å². The second kappa shape index (κ2) is 12.2.